The molecule has 0 aromatic heterocycles. The largest absolute Gasteiger partial charge is 0.380 e. The molecule has 2 unspecified atom stereocenters. The van der Waals surface area contributed by atoms with Crippen molar-refractivity contribution in [3.05, 3.63) is 24.3 Å². The van der Waals surface area contributed by atoms with Gasteiger partial charge in [-0.2, -0.15) is 11.8 Å². The number of hydrogen-bond acceptors (Lipinski definition) is 4. The fourth-order valence-corrected chi connectivity index (χ4v) is 5.12. The third-order valence-electron chi connectivity index (χ3n) is 3.66. The van der Waals surface area contributed by atoms with E-state index in [4.69, 9.17) is 0 Å². The average Bonchev–Trinajstić information content (AvgIpc) is 2.85. The van der Waals surface area contributed by atoms with Crippen molar-refractivity contribution >= 4 is 27.5 Å². The highest BCUT2D eigenvalue weighted by molar-refractivity contribution is 7.99. The van der Waals surface area contributed by atoms with E-state index in [0.29, 0.717) is 21.9 Å². The Balaban J connectivity index is 2.25. The van der Waals surface area contributed by atoms with E-state index in [2.05, 4.69) is 16.3 Å². The van der Waals surface area contributed by atoms with Crippen LogP contribution in [-0.2, 0) is 10.0 Å². The van der Waals surface area contributed by atoms with Gasteiger partial charge in [0, 0.05) is 17.3 Å². The normalized spacial score (nSPS) is 22.7. The van der Waals surface area contributed by atoms with Crippen LogP contribution in [0.4, 0.5) is 5.69 Å². The molecule has 6 heteroatoms. The van der Waals surface area contributed by atoms with Crippen molar-refractivity contribution in [3.8, 4) is 0 Å². The van der Waals surface area contributed by atoms with E-state index in [1.807, 2.05) is 37.7 Å². The number of anilines is 1. The van der Waals surface area contributed by atoms with Gasteiger partial charge in [0.05, 0.1) is 5.69 Å². The van der Waals surface area contributed by atoms with Crippen LogP contribution in [0.2, 0.25) is 0 Å². The summed E-state index contributed by atoms with van der Waals surface area (Å²) in [5.41, 5.74) is 0.705. The first-order valence-electron chi connectivity index (χ1n) is 7.34. The number of para-hydroxylation sites is 1. The van der Waals surface area contributed by atoms with E-state index in [1.165, 1.54) is 12.8 Å². The highest BCUT2D eigenvalue weighted by Crippen LogP contribution is 2.32. The maximum Gasteiger partial charge on any atom is 0.242 e. The van der Waals surface area contributed by atoms with Crippen molar-refractivity contribution in [1.29, 1.82) is 0 Å². The Morgan fingerprint density at radius 1 is 1.24 bits per heavy atom. The molecule has 1 aromatic carbocycles. The van der Waals surface area contributed by atoms with Crippen LogP contribution in [-0.4, -0.2) is 32.0 Å². The Bertz CT molecular complexity index is 573. The van der Waals surface area contributed by atoms with Crippen molar-refractivity contribution in [2.24, 2.45) is 0 Å². The Morgan fingerprint density at radius 3 is 2.62 bits per heavy atom. The van der Waals surface area contributed by atoms with Crippen LogP contribution in [0.25, 0.3) is 0 Å². The summed E-state index contributed by atoms with van der Waals surface area (Å²) in [6.07, 6.45) is 5.60. The van der Waals surface area contributed by atoms with Crippen LogP contribution >= 0.6 is 11.8 Å². The van der Waals surface area contributed by atoms with Gasteiger partial charge in [-0.1, -0.05) is 18.6 Å². The zero-order valence-corrected chi connectivity index (χ0v) is 14.4. The van der Waals surface area contributed by atoms with Gasteiger partial charge in [-0.05, 0) is 45.1 Å². The molecule has 0 saturated heterocycles. The van der Waals surface area contributed by atoms with Gasteiger partial charge in [-0.3, -0.25) is 0 Å². The monoisotopic (exact) mass is 328 g/mol. The molecule has 0 amide bonds. The number of nitrogens with one attached hydrogen (secondary N) is 2. The van der Waals surface area contributed by atoms with E-state index >= 15 is 0 Å². The molecular weight excluding hydrogens is 304 g/mol. The van der Waals surface area contributed by atoms with Crippen molar-refractivity contribution in [2.75, 3.05) is 11.6 Å². The Labute approximate surface area is 132 Å². The first kappa shape index (κ1) is 16.6. The molecule has 1 fully saturated rings. The van der Waals surface area contributed by atoms with Crippen LogP contribution in [0.15, 0.2) is 29.2 Å². The second-order valence-corrected chi connectivity index (χ2v) is 8.49. The van der Waals surface area contributed by atoms with Gasteiger partial charge in [0.15, 0.2) is 0 Å². The zero-order valence-electron chi connectivity index (χ0n) is 12.8. The molecule has 2 rings (SSSR count). The summed E-state index contributed by atoms with van der Waals surface area (Å²) < 4.78 is 27.5. The lowest BCUT2D eigenvalue weighted by molar-refractivity contribution is 0.570. The van der Waals surface area contributed by atoms with Crippen LogP contribution in [0.3, 0.4) is 0 Å². The van der Waals surface area contributed by atoms with Crippen molar-refractivity contribution in [1.82, 2.24) is 4.72 Å². The molecule has 0 heterocycles. The molecule has 0 aliphatic heterocycles. The molecule has 21 heavy (non-hydrogen) atoms. The smallest absolute Gasteiger partial charge is 0.242 e. The SMILES string of the molecule is CSC1CCCC1Nc1ccccc1S(=O)(=O)NC(C)C. The highest BCUT2D eigenvalue weighted by atomic mass is 32.2. The van der Waals surface area contributed by atoms with Gasteiger partial charge >= 0.3 is 0 Å². The van der Waals surface area contributed by atoms with Gasteiger partial charge < -0.3 is 5.32 Å². The minimum Gasteiger partial charge on any atom is -0.380 e. The predicted molar refractivity (Wildman–Crippen MR) is 90.5 cm³/mol. The van der Waals surface area contributed by atoms with Gasteiger partial charge in [-0.15, -0.1) is 0 Å². The maximum atomic E-state index is 12.4. The van der Waals surface area contributed by atoms with Crippen molar-refractivity contribution in [2.45, 2.75) is 55.3 Å². The van der Waals surface area contributed by atoms with Crippen molar-refractivity contribution in [3.63, 3.8) is 0 Å². The second-order valence-electron chi connectivity index (χ2n) is 5.73. The topological polar surface area (TPSA) is 58.2 Å². The number of thioether (sulfide) groups is 1. The van der Waals surface area contributed by atoms with Crippen molar-refractivity contribution < 1.29 is 8.42 Å². The standard InChI is InChI=1S/C15H24N2O2S2/c1-11(2)17-21(18,19)15-10-5-4-7-13(15)16-12-8-6-9-14(12)20-3/h4-5,7,10-12,14,16-17H,6,8-9H2,1-3H3. The lowest BCUT2D eigenvalue weighted by Gasteiger charge is -2.22. The highest BCUT2D eigenvalue weighted by Gasteiger charge is 2.28. The predicted octanol–water partition coefficient (Wildman–Crippen LogP) is 3.07. The van der Waals surface area contributed by atoms with Gasteiger partial charge in [0.1, 0.15) is 4.90 Å². The minimum atomic E-state index is -3.48. The molecule has 2 atom stereocenters. The molecule has 0 spiro atoms. The van der Waals surface area contributed by atoms with E-state index in [9.17, 15) is 8.42 Å². The molecule has 1 saturated carbocycles. The summed E-state index contributed by atoms with van der Waals surface area (Å²) in [6, 6.07) is 7.38. The van der Waals surface area contributed by atoms with Crippen LogP contribution < -0.4 is 10.0 Å². The molecule has 2 N–H and O–H groups in total. The molecule has 1 aromatic rings. The first-order valence-corrected chi connectivity index (χ1v) is 10.1. The molecule has 0 bridgehead atoms. The quantitative estimate of drug-likeness (QED) is 0.842. The van der Waals surface area contributed by atoms with E-state index in [1.54, 1.807) is 12.1 Å². The fourth-order valence-electron chi connectivity index (χ4n) is 2.77. The Hall–Kier alpha value is -0.720. The number of hydrogen-bond donors (Lipinski definition) is 2. The molecule has 1 aliphatic carbocycles. The summed E-state index contributed by atoms with van der Waals surface area (Å²) in [5, 5.41) is 4.00. The summed E-state index contributed by atoms with van der Waals surface area (Å²) in [7, 11) is -3.48. The molecule has 0 radical (unpaired) electrons. The fraction of sp³-hybridized carbons (Fsp3) is 0.600. The van der Waals surface area contributed by atoms with E-state index in [-0.39, 0.29) is 6.04 Å². The third-order valence-corrected chi connectivity index (χ3v) is 6.55. The third kappa shape index (κ3) is 4.14. The van der Waals surface area contributed by atoms with E-state index in [0.717, 1.165) is 6.42 Å². The summed E-state index contributed by atoms with van der Waals surface area (Å²) in [4.78, 5) is 0.338. The number of benzene rings is 1. The average molecular weight is 329 g/mol. The van der Waals surface area contributed by atoms with Gasteiger partial charge in [0.25, 0.3) is 0 Å². The lowest BCUT2D eigenvalue weighted by atomic mass is 10.2. The number of rotatable bonds is 6. The Kier molecular flexibility index (Phi) is 5.57. The summed E-state index contributed by atoms with van der Waals surface area (Å²) >= 11 is 1.86. The molecule has 1 aliphatic rings. The van der Waals surface area contributed by atoms with Crippen LogP contribution in [0.1, 0.15) is 33.1 Å². The van der Waals surface area contributed by atoms with E-state index < -0.39 is 10.0 Å². The van der Waals surface area contributed by atoms with Crippen LogP contribution in [0.5, 0.6) is 0 Å². The van der Waals surface area contributed by atoms with Gasteiger partial charge in [-0.25, -0.2) is 13.1 Å². The van der Waals surface area contributed by atoms with Gasteiger partial charge in [0.2, 0.25) is 10.0 Å². The first-order chi connectivity index (χ1) is 9.94. The molecule has 4 nitrogen and oxygen atoms in total. The van der Waals surface area contributed by atoms with Crippen LogP contribution in [0, 0.1) is 0 Å². The molecular formula is C15H24N2O2S2. The maximum absolute atomic E-state index is 12.4. The lowest BCUT2D eigenvalue weighted by Crippen LogP contribution is -2.32. The molecule has 118 valence electrons. The second kappa shape index (κ2) is 7.03. The Morgan fingerprint density at radius 2 is 1.95 bits per heavy atom. The zero-order chi connectivity index (χ0) is 15.5. The number of sulfonamides is 1. The summed E-state index contributed by atoms with van der Waals surface area (Å²) in [5.74, 6) is 0. The summed E-state index contributed by atoms with van der Waals surface area (Å²) in [6.45, 7) is 3.66. The minimum absolute atomic E-state index is 0.117.